The van der Waals surface area contributed by atoms with E-state index < -0.39 is 15.8 Å². The highest BCUT2D eigenvalue weighted by molar-refractivity contribution is 7.93. The van der Waals surface area contributed by atoms with Crippen molar-refractivity contribution in [2.24, 2.45) is 0 Å². The number of fused-ring (bicyclic) bond motifs is 2. The van der Waals surface area contributed by atoms with Crippen molar-refractivity contribution >= 4 is 43.7 Å². The van der Waals surface area contributed by atoms with Gasteiger partial charge in [0.15, 0.2) is 5.58 Å². The maximum absolute atomic E-state index is 12.7. The number of hydrogen-bond acceptors (Lipinski definition) is 8. The summed E-state index contributed by atoms with van der Waals surface area (Å²) in [7, 11) is -3.91. The molecule has 1 aliphatic heterocycles. The van der Waals surface area contributed by atoms with Crippen molar-refractivity contribution in [3.63, 3.8) is 0 Å². The maximum atomic E-state index is 12.7. The minimum atomic E-state index is -3.91. The number of sulfonamides is 1. The normalized spacial score (nSPS) is 13.8. The largest absolute Gasteiger partial charge is 0.420 e. The molecular formula is C21H19N5O5S2. The van der Waals surface area contributed by atoms with Gasteiger partial charge in [0.2, 0.25) is 11.0 Å². The zero-order valence-electron chi connectivity index (χ0n) is 17.5. The molecule has 1 amide bonds. The Hall–Kier alpha value is -3.51. The summed E-state index contributed by atoms with van der Waals surface area (Å²) in [5.74, 6) is -0.578. The van der Waals surface area contributed by atoms with E-state index in [1.54, 1.807) is 17.9 Å². The standard InChI is InChI=1S/C21H19N5O5S2/c1-13(27)25-8-7-14-3-2-4-15(17(14)11-25)10-26-18-6-5-16(9-19(18)31-21(26)28)33(29,30)24-20-22-12-23-32-20/h2-6,9,12H,7-8,10-11H2,1H3,(H,22,23,24). The van der Waals surface area contributed by atoms with Crippen LogP contribution in [0.15, 0.2) is 56.8 Å². The van der Waals surface area contributed by atoms with Crippen LogP contribution in [-0.2, 0) is 34.3 Å². The van der Waals surface area contributed by atoms with Crippen LogP contribution in [0.2, 0.25) is 0 Å². The van der Waals surface area contributed by atoms with Crippen LogP contribution in [0.4, 0.5) is 5.13 Å². The highest BCUT2D eigenvalue weighted by atomic mass is 32.2. The van der Waals surface area contributed by atoms with Crippen LogP contribution in [0, 0.1) is 0 Å². The van der Waals surface area contributed by atoms with E-state index in [9.17, 15) is 18.0 Å². The number of carbonyl (C=O) groups excluding carboxylic acids is 1. The van der Waals surface area contributed by atoms with Gasteiger partial charge in [-0.3, -0.25) is 14.1 Å². The zero-order valence-corrected chi connectivity index (χ0v) is 19.1. The van der Waals surface area contributed by atoms with Gasteiger partial charge in [-0.2, -0.15) is 4.37 Å². The third kappa shape index (κ3) is 4.02. The fourth-order valence-electron chi connectivity index (χ4n) is 3.99. The SMILES string of the molecule is CC(=O)N1CCc2cccc(Cn3c(=O)oc4cc(S(=O)(=O)Nc5ncns5)ccc43)c2C1. The average molecular weight is 486 g/mol. The van der Waals surface area contributed by atoms with Crippen LogP contribution in [0.3, 0.4) is 0 Å². The molecule has 12 heteroatoms. The number of nitrogens with one attached hydrogen (secondary N) is 1. The lowest BCUT2D eigenvalue weighted by atomic mass is 9.94. The topological polar surface area (TPSA) is 127 Å². The smallest absolute Gasteiger partial charge is 0.408 e. The van der Waals surface area contributed by atoms with E-state index in [2.05, 4.69) is 14.1 Å². The lowest BCUT2D eigenvalue weighted by Gasteiger charge is -2.29. The number of rotatable bonds is 5. The van der Waals surface area contributed by atoms with Crippen LogP contribution in [0.1, 0.15) is 23.6 Å². The Bertz CT molecular complexity index is 1520. The summed E-state index contributed by atoms with van der Waals surface area (Å²) in [6.45, 7) is 2.96. The Balaban J connectivity index is 1.49. The first-order valence-corrected chi connectivity index (χ1v) is 12.4. The minimum absolute atomic E-state index is 0.0114. The molecule has 0 radical (unpaired) electrons. The van der Waals surface area contributed by atoms with E-state index in [1.165, 1.54) is 23.0 Å². The summed E-state index contributed by atoms with van der Waals surface area (Å²) in [5.41, 5.74) is 3.74. The summed E-state index contributed by atoms with van der Waals surface area (Å²) in [6.07, 6.45) is 2.01. The molecule has 0 unspecified atom stereocenters. The quantitative estimate of drug-likeness (QED) is 0.459. The number of benzene rings is 2. The highest BCUT2D eigenvalue weighted by Crippen LogP contribution is 2.26. The van der Waals surface area contributed by atoms with Crippen LogP contribution in [-0.4, -0.2) is 39.7 Å². The molecule has 0 saturated carbocycles. The van der Waals surface area contributed by atoms with Gasteiger partial charge in [0.1, 0.15) is 6.33 Å². The Morgan fingerprint density at radius 1 is 1.27 bits per heavy atom. The van der Waals surface area contributed by atoms with Crippen molar-refractivity contribution in [1.82, 2.24) is 18.8 Å². The maximum Gasteiger partial charge on any atom is 0.420 e. The zero-order chi connectivity index (χ0) is 23.2. The monoisotopic (exact) mass is 485 g/mol. The van der Waals surface area contributed by atoms with Crippen LogP contribution in [0.25, 0.3) is 11.1 Å². The first-order chi connectivity index (χ1) is 15.8. The molecule has 0 fully saturated rings. The van der Waals surface area contributed by atoms with Gasteiger partial charge in [-0.15, -0.1) is 0 Å². The van der Waals surface area contributed by atoms with Crippen molar-refractivity contribution in [2.45, 2.75) is 31.3 Å². The summed E-state index contributed by atoms with van der Waals surface area (Å²) in [5, 5.41) is 0.141. The molecule has 0 aliphatic carbocycles. The van der Waals surface area contributed by atoms with E-state index in [0.29, 0.717) is 18.6 Å². The van der Waals surface area contributed by atoms with Gasteiger partial charge in [0.25, 0.3) is 10.0 Å². The number of nitrogens with zero attached hydrogens (tertiary/aromatic N) is 4. The van der Waals surface area contributed by atoms with Crippen molar-refractivity contribution in [3.05, 3.63) is 70.0 Å². The lowest BCUT2D eigenvalue weighted by molar-refractivity contribution is -0.129. The van der Waals surface area contributed by atoms with Gasteiger partial charge in [0, 0.05) is 37.6 Å². The Kier molecular flexibility index (Phi) is 5.25. The van der Waals surface area contributed by atoms with E-state index >= 15 is 0 Å². The molecule has 0 spiro atoms. The second-order valence-electron chi connectivity index (χ2n) is 7.68. The van der Waals surface area contributed by atoms with Crippen molar-refractivity contribution in [3.8, 4) is 0 Å². The molecule has 170 valence electrons. The first-order valence-electron chi connectivity index (χ1n) is 10.1. The van der Waals surface area contributed by atoms with E-state index in [4.69, 9.17) is 4.42 Å². The third-order valence-corrected chi connectivity index (χ3v) is 7.72. The fraction of sp³-hybridized carbons (Fsp3) is 0.238. The molecule has 0 atom stereocenters. The van der Waals surface area contributed by atoms with Crippen LogP contribution < -0.4 is 10.5 Å². The molecule has 10 nitrogen and oxygen atoms in total. The predicted molar refractivity (Wildman–Crippen MR) is 122 cm³/mol. The van der Waals surface area contributed by atoms with Crippen LogP contribution >= 0.6 is 11.5 Å². The Labute approximate surface area is 192 Å². The number of anilines is 1. The molecule has 3 heterocycles. The van der Waals surface area contributed by atoms with Gasteiger partial charge in [-0.05, 0) is 35.2 Å². The highest BCUT2D eigenvalue weighted by Gasteiger charge is 2.23. The molecular weight excluding hydrogens is 466 g/mol. The molecule has 0 saturated heterocycles. The number of oxazole rings is 1. The molecule has 1 N–H and O–H groups in total. The van der Waals surface area contributed by atoms with Gasteiger partial charge in [0.05, 0.1) is 17.0 Å². The summed E-state index contributed by atoms with van der Waals surface area (Å²) in [6, 6.07) is 10.2. The summed E-state index contributed by atoms with van der Waals surface area (Å²) in [4.78, 5) is 30.1. The summed E-state index contributed by atoms with van der Waals surface area (Å²) < 4.78 is 38.2. The van der Waals surface area contributed by atoms with Gasteiger partial charge in [-0.25, -0.2) is 18.2 Å². The van der Waals surface area contributed by atoms with Gasteiger partial charge in [-0.1, -0.05) is 18.2 Å². The van der Waals surface area contributed by atoms with Gasteiger partial charge >= 0.3 is 5.76 Å². The minimum Gasteiger partial charge on any atom is -0.408 e. The third-order valence-electron chi connectivity index (χ3n) is 5.68. The Morgan fingerprint density at radius 2 is 2.12 bits per heavy atom. The van der Waals surface area contributed by atoms with Crippen LogP contribution in [0.5, 0.6) is 0 Å². The number of aromatic nitrogens is 3. The van der Waals surface area contributed by atoms with E-state index in [1.807, 2.05) is 18.2 Å². The molecule has 5 rings (SSSR count). The molecule has 2 aromatic heterocycles. The second-order valence-corrected chi connectivity index (χ2v) is 10.1. The molecule has 4 aromatic rings. The lowest BCUT2D eigenvalue weighted by Crippen LogP contribution is -2.35. The van der Waals surface area contributed by atoms with Crippen molar-refractivity contribution in [1.29, 1.82) is 0 Å². The molecule has 1 aliphatic rings. The number of carbonyl (C=O) groups is 1. The Morgan fingerprint density at radius 3 is 2.88 bits per heavy atom. The summed E-state index contributed by atoms with van der Waals surface area (Å²) >= 11 is 0.915. The first kappa shape index (κ1) is 21.3. The average Bonchev–Trinajstić information content (AvgIpc) is 3.40. The molecule has 33 heavy (non-hydrogen) atoms. The van der Waals surface area contributed by atoms with Crippen molar-refractivity contribution in [2.75, 3.05) is 11.3 Å². The predicted octanol–water partition coefficient (Wildman–Crippen LogP) is 2.20. The molecule has 2 aromatic carbocycles. The fourth-order valence-corrected chi connectivity index (χ4v) is 5.67. The molecule has 0 bridgehead atoms. The van der Waals surface area contributed by atoms with Crippen molar-refractivity contribution < 1.29 is 17.6 Å². The number of hydrogen-bond donors (Lipinski definition) is 1. The van der Waals surface area contributed by atoms with E-state index in [0.717, 1.165) is 34.6 Å². The second kappa shape index (κ2) is 8.12. The number of amides is 1. The van der Waals surface area contributed by atoms with Gasteiger partial charge < -0.3 is 9.32 Å². The van der Waals surface area contributed by atoms with E-state index in [-0.39, 0.29) is 28.1 Å².